The van der Waals surface area contributed by atoms with Crippen LogP contribution in [0, 0.1) is 5.41 Å². The van der Waals surface area contributed by atoms with Gasteiger partial charge in [0.05, 0.1) is 11.9 Å². The van der Waals surface area contributed by atoms with E-state index in [1.807, 2.05) is 18.2 Å². The van der Waals surface area contributed by atoms with E-state index >= 15 is 0 Å². The number of nitrogens with one attached hydrogen (secondary N) is 1. The van der Waals surface area contributed by atoms with Gasteiger partial charge in [0.1, 0.15) is 0 Å². The third-order valence-electron chi connectivity index (χ3n) is 1.88. The molecule has 0 unspecified atom stereocenters. The second-order valence-electron chi connectivity index (χ2n) is 2.79. The first-order valence-corrected chi connectivity index (χ1v) is 4.19. The second kappa shape index (κ2) is 3.79. The van der Waals surface area contributed by atoms with E-state index in [0.29, 0.717) is 0 Å². The van der Waals surface area contributed by atoms with Crippen LogP contribution in [0.2, 0.25) is 0 Å². The lowest BCUT2D eigenvalue weighted by molar-refractivity contribution is 1.28. The third-order valence-corrected chi connectivity index (χ3v) is 1.88. The maximum absolute atomic E-state index is 7.01. The number of hydrogen-bond acceptors (Lipinski definition) is 3. The highest BCUT2D eigenvalue weighted by Gasteiger charge is 1.98. The molecule has 0 aliphatic carbocycles. The van der Waals surface area contributed by atoms with Gasteiger partial charge in [-0.1, -0.05) is 0 Å². The number of aromatic nitrogens is 2. The van der Waals surface area contributed by atoms with Gasteiger partial charge in [0.2, 0.25) is 0 Å². The fraction of sp³-hybridized carbons (Fsp3) is 0. The Morgan fingerprint density at radius 1 is 1.07 bits per heavy atom. The fourth-order valence-corrected chi connectivity index (χ4v) is 1.19. The highest BCUT2D eigenvalue weighted by atomic mass is 14.7. The van der Waals surface area contributed by atoms with Crippen molar-refractivity contribution in [2.24, 2.45) is 0 Å². The first-order valence-electron chi connectivity index (χ1n) is 4.19. The Morgan fingerprint density at radius 3 is 2.57 bits per heavy atom. The van der Waals surface area contributed by atoms with Gasteiger partial charge < -0.3 is 0 Å². The molecule has 2 aromatic rings. The molecule has 2 heterocycles. The molecule has 0 aliphatic rings. The van der Waals surface area contributed by atoms with E-state index in [1.54, 1.807) is 24.7 Å². The fourth-order valence-electron chi connectivity index (χ4n) is 1.19. The van der Waals surface area contributed by atoms with E-state index in [0.717, 1.165) is 16.8 Å². The number of pyridine rings is 2. The van der Waals surface area contributed by atoms with Crippen LogP contribution >= 0.6 is 0 Å². The summed E-state index contributed by atoms with van der Waals surface area (Å²) in [6.45, 7) is 0. The maximum atomic E-state index is 7.01. The summed E-state index contributed by atoms with van der Waals surface area (Å²) in [5.41, 5.74) is 2.56. The van der Waals surface area contributed by atoms with E-state index in [-0.39, 0.29) is 0 Å². The van der Waals surface area contributed by atoms with Gasteiger partial charge in [0.15, 0.2) is 0 Å². The number of hydrogen-bond donors (Lipinski definition) is 1. The minimum atomic E-state index is 0.729. The summed E-state index contributed by atoms with van der Waals surface area (Å²) >= 11 is 0. The highest BCUT2D eigenvalue weighted by molar-refractivity contribution is 5.79. The van der Waals surface area contributed by atoms with E-state index in [9.17, 15) is 0 Å². The van der Waals surface area contributed by atoms with Gasteiger partial charge in [-0.05, 0) is 24.3 Å². The topological polar surface area (TPSA) is 49.6 Å². The lowest BCUT2D eigenvalue weighted by Gasteiger charge is -1.99. The molecule has 0 fully saturated rings. The quantitative estimate of drug-likeness (QED) is 0.722. The van der Waals surface area contributed by atoms with E-state index in [1.165, 1.54) is 0 Å². The van der Waals surface area contributed by atoms with Crippen molar-refractivity contribution in [1.29, 1.82) is 5.41 Å². The predicted molar refractivity (Wildman–Crippen MR) is 54.3 cm³/mol. The Labute approximate surface area is 82.0 Å². The normalized spacial score (nSPS) is 9.71. The number of nitrogens with zero attached hydrogens (tertiary/aromatic N) is 2. The zero-order chi connectivity index (χ0) is 9.80. The van der Waals surface area contributed by atoms with Crippen molar-refractivity contribution in [3.05, 3.63) is 48.4 Å². The molecule has 1 radical (unpaired) electrons. The van der Waals surface area contributed by atoms with Crippen molar-refractivity contribution >= 4 is 6.21 Å². The summed E-state index contributed by atoms with van der Waals surface area (Å²) in [6, 6.07) is 7.34. The molecule has 0 amide bonds. The van der Waals surface area contributed by atoms with Crippen molar-refractivity contribution < 1.29 is 0 Å². The van der Waals surface area contributed by atoms with Crippen LogP contribution in [0.4, 0.5) is 0 Å². The lowest BCUT2D eigenvalue weighted by Crippen LogP contribution is -1.86. The average molecular weight is 182 g/mol. The molecular weight excluding hydrogens is 174 g/mol. The first-order chi connectivity index (χ1) is 6.90. The van der Waals surface area contributed by atoms with E-state index in [4.69, 9.17) is 5.41 Å². The van der Waals surface area contributed by atoms with Crippen molar-refractivity contribution in [2.45, 2.75) is 0 Å². The van der Waals surface area contributed by atoms with Gasteiger partial charge in [-0.15, -0.1) is 0 Å². The molecule has 0 atom stereocenters. The van der Waals surface area contributed by atoms with Gasteiger partial charge in [0.25, 0.3) is 0 Å². The SMILES string of the molecule is N=[C]c1ccnc(-c2ccncc2)c1. The molecule has 1 N–H and O–H groups in total. The monoisotopic (exact) mass is 182 g/mol. The van der Waals surface area contributed by atoms with Gasteiger partial charge in [-0.3, -0.25) is 15.4 Å². The predicted octanol–water partition coefficient (Wildman–Crippen LogP) is 2.02. The molecule has 2 rings (SSSR count). The van der Waals surface area contributed by atoms with Crippen LogP contribution in [0.1, 0.15) is 5.56 Å². The Morgan fingerprint density at radius 2 is 1.86 bits per heavy atom. The van der Waals surface area contributed by atoms with Crippen LogP contribution in [0.15, 0.2) is 42.9 Å². The molecule has 0 spiro atoms. The Balaban J connectivity index is 2.47. The van der Waals surface area contributed by atoms with Crippen molar-refractivity contribution in [3.8, 4) is 11.3 Å². The summed E-state index contributed by atoms with van der Waals surface area (Å²) in [5.74, 6) is 0. The lowest BCUT2D eigenvalue weighted by atomic mass is 10.1. The molecule has 0 saturated carbocycles. The average Bonchev–Trinajstić information content (AvgIpc) is 2.30. The smallest absolute Gasteiger partial charge is 0.0869 e. The van der Waals surface area contributed by atoms with Gasteiger partial charge >= 0.3 is 0 Å². The Kier molecular flexibility index (Phi) is 2.32. The molecule has 0 saturated heterocycles. The second-order valence-corrected chi connectivity index (χ2v) is 2.79. The molecular formula is C11H8N3. The Bertz CT molecular complexity index is 437. The van der Waals surface area contributed by atoms with E-state index in [2.05, 4.69) is 16.2 Å². The molecule has 67 valence electrons. The van der Waals surface area contributed by atoms with Crippen LogP contribution < -0.4 is 0 Å². The minimum Gasteiger partial charge on any atom is -0.298 e. The summed E-state index contributed by atoms with van der Waals surface area (Å²) in [4.78, 5) is 8.14. The van der Waals surface area contributed by atoms with Crippen LogP contribution in [-0.2, 0) is 0 Å². The van der Waals surface area contributed by atoms with Gasteiger partial charge in [-0.2, -0.15) is 0 Å². The van der Waals surface area contributed by atoms with Gasteiger partial charge in [0, 0.05) is 29.7 Å². The summed E-state index contributed by atoms with van der Waals surface area (Å²) in [7, 11) is 0. The minimum absolute atomic E-state index is 0.729. The van der Waals surface area contributed by atoms with Crippen LogP contribution in [-0.4, -0.2) is 16.2 Å². The summed E-state index contributed by atoms with van der Waals surface area (Å²) in [5, 5.41) is 7.01. The van der Waals surface area contributed by atoms with Crippen molar-refractivity contribution in [3.63, 3.8) is 0 Å². The number of rotatable bonds is 2. The standard InChI is InChI=1S/C11H8N3/c12-8-9-1-6-14-11(7-9)10-2-4-13-5-3-10/h1-7,12H. The van der Waals surface area contributed by atoms with Crippen LogP contribution in [0.3, 0.4) is 0 Å². The molecule has 2 aromatic heterocycles. The maximum Gasteiger partial charge on any atom is 0.0869 e. The highest BCUT2D eigenvalue weighted by Crippen LogP contribution is 2.15. The third kappa shape index (κ3) is 1.66. The van der Waals surface area contributed by atoms with Crippen molar-refractivity contribution in [2.75, 3.05) is 0 Å². The van der Waals surface area contributed by atoms with Crippen LogP contribution in [0.25, 0.3) is 11.3 Å². The molecule has 3 nitrogen and oxygen atoms in total. The summed E-state index contributed by atoms with van der Waals surface area (Å²) in [6.07, 6.45) is 7.44. The van der Waals surface area contributed by atoms with Crippen LogP contribution in [0.5, 0.6) is 0 Å². The molecule has 3 heteroatoms. The van der Waals surface area contributed by atoms with Gasteiger partial charge in [-0.25, -0.2) is 0 Å². The zero-order valence-electron chi connectivity index (χ0n) is 7.44. The molecule has 14 heavy (non-hydrogen) atoms. The largest absolute Gasteiger partial charge is 0.298 e. The zero-order valence-corrected chi connectivity index (χ0v) is 7.44. The van der Waals surface area contributed by atoms with E-state index < -0.39 is 0 Å². The molecule has 0 bridgehead atoms. The first kappa shape index (κ1) is 8.56. The van der Waals surface area contributed by atoms with Crippen molar-refractivity contribution in [1.82, 2.24) is 9.97 Å². The molecule has 0 aliphatic heterocycles. The summed E-state index contributed by atoms with van der Waals surface area (Å²) < 4.78 is 0. The molecule has 0 aromatic carbocycles. The Hall–Kier alpha value is -2.03.